The summed E-state index contributed by atoms with van der Waals surface area (Å²) in [7, 11) is 0. The van der Waals surface area contributed by atoms with Crippen LogP contribution in [0.3, 0.4) is 0 Å². The summed E-state index contributed by atoms with van der Waals surface area (Å²) >= 11 is 0. The van der Waals surface area contributed by atoms with Crippen LogP contribution in [0.5, 0.6) is 0 Å². The molecule has 150 valence electrons. The van der Waals surface area contributed by atoms with Crippen molar-refractivity contribution in [2.45, 2.75) is 26.6 Å². The molecule has 0 amide bonds. The quantitative estimate of drug-likeness (QED) is 0.634. The Morgan fingerprint density at radius 3 is 2.72 bits per heavy atom. The maximum Gasteiger partial charge on any atom is 0.123 e. The SMILES string of the molecule is C=C1N(Cc2cc(F)cc(C(C)F)c2)CCN1c1ccc(-c2cn[nH]c2)c(C)c1. The molecule has 1 aromatic heterocycles. The van der Waals surface area contributed by atoms with E-state index in [0.29, 0.717) is 12.1 Å². The Balaban J connectivity index is 1.52. The third kappa shape index (κ3) is 3.88. The van der Waals surface area contributed by atoms with Crippen LogP contribution in [0, 0.1) is 12.7 Å². The van der Waals surface area contributed by atoms with Crippen LogP contribution in [0.4, 0.5) is 14.5 Å². The third-order valence-corrected chi connectivity index (χ3v) is 5.41. The highest BCUT2D eigenvalue weighted by Crippen LogP contribution is 2.31. The second kappa shape index (κ2) is 7.70. The van der Waals surface area contributed by atoms with Crippen LogP contribution in [0.2, 0.25) is 0 Å². The van der Waals surface area contributed by atoms with E-state index in [1.165, 1.54) is 19.1 Å². The number of alkyl halides is 1. The molecule has 1 N–H and O–H groups in total. The minimum absolute atomic E-state index is 0.368. The predicted octanol–water partition coefficient (Wildman–Crippen LogP) is 5.35. The lowest BCUT2D eigenvalue weighted by Crippen LogP contribution is -2.21. The number of hydrogen-bond acceptors (Lipinski definition) is 3. The van der Waals surface area contributed by atoms with Gasteiger partial charge in [-0.15, -0.1) is 0 Å². The van der Waals surface area contributed by atoms with E-state index in [9.17, 15) is 8.78 Å². The molecule has 1 aliphatic heterocycles. The van der Waals surface area contributed by atoms with Gasteiger partial charge in [0.1, 0.15) is 17.8 Å². The lowest BCUT2D eigenvalue weighted by molar-refractivity contribution is 0.369. The topological polar surface area (TPSA) is 35.2 Å². The van der Waals surface area contributed by atoms with Gasteiger partial charge in [0.25, 0.3) is 0 Å². The second-order valence-electron chi connectivity index (χ2n) is 7.48. The first-order chi connectivity index (χ1) is 13.9. The second-order valence-corrected chi connectivity index (χ2v) is 7.48. The summed E-state index contributed by atoms with van der Waals surface area (Å²) in [6, 6.07) is 10.8. The van der Waals surface area contributed by atoms with Crippen molar-refractivity contribution in [1.82, 2.24) is 15.1 Å². The summed E-state index contributed by atoms with van der Waals surface area (Å²) < 4.78 is 27.5. The Hall–Kier alpha value is -3.15. The zero-order valence-electron chi connectivity index (χ0n) is 16.6. The molecule has 4 nitrogen and oxygen atoms in total. The molecule has 6 heteroatoms. The number of benzene rings is 2. The Labute approximate surface area is 169 Å². The highest BCUT2D eigenvalue weighted by Gasteiger charge is 2.25. The summed E-state index contributed by atoms with van der Waals surface area (Å²) in [4.78, 5) is 4.25. The number of halogens is 2. The van der Waals surface area contributed by atoms with Crippen molar-refractivity contribution in [2.24, 2.45) is 0 Å². The zero-order chi connectivity index (χ0) is 20.5. The van der Waals surface area contributed by atoms with Crippen LogP contribution in [0.1, 0.15) is 29.8 Å². The van der Waals surface area contributed by atoms with Crippen molar-refractivity contribution in [1.29, 1.82) is 0 Å². The van der Waals surface area contributed by atoms with E-state index in [2.05, 4.69) is 51.7 Å². The molecular formula is C23H24F2N4. The fourth-order valence-corrected chi connectivity index (χ4v) is 3.85. The zero-order valence-corrected chi connectivity index (χ0v) is 16.6. The molecule has 3 aromatic rings. The van der Waals surface area contributed by atoms with Gasteiger partial charge < -0.3 is 9.80 Å². The number of aromatic nitrogens is 2. The normalized spacial score (nSPS) is 15.2. The number of aryl methyl sites for hydroxylation is 1. The van der Waals surface area contributed by atoms with Gasteiger partial charge in [-0.2, -0.15) is 5.10 Å². The number of aromatic amines is 1. The van der Waals surface area contributed by atoms with Crippen LogP contribution in [-0.4, -0.2) is 28.2 Å². The molecule has 0 saturated carbocycles. The van der Waals surface area contributed by atoms with Gasteiger partial charge in [-0.25, -0.2) is 8.78 Å². The monoisotopic (exact) mass is 394 g/mol. The minimum atomic E-state index is -1.19. The predicted molar refractivity (Wildman–Crippen MR) is 112 cm³/mol. The van der Waals surface area contributed by atoms with E-state index in [1.54, 1.807) is 6.07 Å². The van der Waals surface area contributed by atoms with Crippen molar-refractivity contribution >= 4 is 5.69 Å². The molecule has 4 rings (SSSR count). The number of H-pyrrole nitrogens is 1. The van der Waals surface area contributed by atoms with Crippen LogP contribution >= 0.6 is 0 Å². The van der Waals surface area contributed by atoms with E-state index in [0.717, 1.165) is 46.9 Å². The molecule has 0 bridgehead atoms. The maximum atomic E-state index is 13.9. The van der Waals surface area contributed by atoms with Crippen molar-refractivity contribution in [2.75, 3.05) is 18.0 Å². The molecule has 1 unspecified atom stereocenters. The summed E-state index contributed by atoms with van der Waals surface area (Å²) in [5.41, 5.74) is 5.53. The Morgan fingerprint density at radius 1 is 1.21 bits per heavy atom. The van der Waals surface area contributed by atoms with Gasteiger partial charge >= 0.3 is 0 Å². The van der Waals surface area contributed by atoms with Gasteiger partial charge in [-0.3, -0.25) is 5.10 Å². The van der Waals surface area contributed by atoms with Gasteiger partial charge in [0, 0.05) is 37.1 Å². The summed E-state index contributed by atoms with van der Waals surface area (Å²) in [6.07, 6.45) is 2.49. The Bertz CT molecular complexity index is 1030. The average molecular weight is 394 g/mol. The van der Waals surface area contributed by atoms with Gasteiger partial charge in [-0.05, 0) is 60.4 Å². The van der Waals surface area contributed by atoms with Crippen LogP contribution in [0.25, 0.3) is 11.1 Å². The number of anilines is 1. The summed E-state index contributed by atoms with van der Waals surface area (Å²) in [5.74, 6) is 0.452. The highest BCUT2D eigenvalue weighted by molar-refractivity contribution is 5.70. The molecular weight excluding hydrogens is 370 g/mol. The molecule has 29 heavy (non-hydrogen) atoms. The minimum Gasteiger partial charge on any atom is -0.352 e. The van der Waals surface area contributed by atoms with Gasteiger partial charge in [0.2, 0.25) is 0 Å². The number of hydrogen-bond donors (Lipinski definition) is 1. The van der Waals surface area contributed by atoms with Gasteiger partial charge in [0.05, 0.1) is 6.20 Å². The highest BCUT2D eigenvalue weighted by atomic mass is 19.1. The number of nitrogens with zero attached hydrogens (tertiary/aromatic N) is 3. The average Bonchev–Trinajstić information content (AvgIpc) is 3.32. The number of nitrogens with one attached hydrogen (secondary N) is 1. The molecule has 1 saturated heterocycles. The lowest BCUT2D eigenvalue weighted by Gasteiger charge is -2.25. The van der Waals surface area contributed by atoms with Crippen molar-refractivity contribution in [3.63, 3.8) is 0 Å². The molecule has 1 fully saturated rings. The largest absolute Gasteiger partial charge is 0.352 e. The molecule has 1 aliphatic rings. The van der Waals surface area contributed by atoms with Crippen molar-refractivity contribution < 1.29 is 8.78 Å². The summed E-state index contributed by atoms with van der Waals surface area (Å²) in [6.45, 7) is 9.81. The Kier molecular flexibility index (Phi) is 5.09. The Morgan fingerprint density at radius 2 is 2.03 bits per heavy atom. The molecule has 2 heterocycles. The number of rotatable bonds is 5. The molecule has 0 radical (unpaired) electrons. The molecule has 1 atom stereocenters. The first-order valence-corrected chi connectivity index (χ1v) is 9.67. The van der Waals surface area contributed by atoms with E-state index in [4.69, 9.17) is 0 Å². The molecule has 2 aromatic carbocycles. The van der Waals surface area contributed by atoms with Crippen LogP contribution in [-0.2, 0) is 6.54 Å². The van der Waals surface area contributed by atoms with Crippen LogP contribution < -0.4 is 4.90 Å². The first kappa shape index (κ1) is 19.2. The first-order valence-electron chi connectivity index (χ1n) is 9.67. The smallest absolute Gasteiger partial charge is 0.123 e. The molecule has 0 aliphatic carbocycles. The van der Waals surface area contributed by atoms with Crippen molar-refractivity contribution in [3.8, 4) is 11.1 Å². The van der Waals surface area contributed by atoms with Gasteiger partial charge in [0.15, 0.2) is 0 Å². The summed E-state index contributed by atoms with van der Waals surface area (Å²) in [5, 5.41) is 6.86. The fourth-order valence-electron chi connectivity index (χ4n) is 3.85. The van der Waals surface area contributed by atoms with E-state index in [1.807, 2.05) is 12.4 Å². The maximum absolute atomic E-state index is 13.9. The standard InChI is InChI=1S/C23H24F2N4/c1-15-8-22(4-5-23(15)20-12-26-27-13-20)29-7-6-28(17(29)3)14-18-9-19(16(2)24)11-21(25)10-18/h4-5,8-13,16H,3,6-7,14H2,1-2H3,(H,26,27). The fraction of sp³-hybridized carbons (Fsp3) is 0.261. The van der Waals surface area contributed by atoms with E-state index >= 15 is 0 Å². The van der Waals surface area contributed by atoms with Crippen LogP contribution in [0.15, 0.2) is 61.2 Å². The lowest BCUT2D eigenvalue weighted by atomic mass is 10.0. The van der Waals surface area contributed by atoms with Gasteiger partial charge in [-0.1, -0.05) is 18.7 Å². The molecule has 0 spiro atoms. The van der Waals surface area contributed by atoms with E-state index < -0.39 is 12.0 Å². The van der Waals surface area contributed by atoms with Crippen molar-refractivity contribution in [3.05, 3.63) is 83.7 Å². The third-order valence-electron chi connectivity index (χ3n) is 5.41. The van der Waals surface area contributed by atoms with E-state index in [-0.39, 0.29) is 0 Å².